The second kappa shape index (κ2) is 8.45. The van der Waals surface area contributed by atoms with Gasteiger partial charge in [0.1, 0.15) is 0 Å². The van der Waals surface area contributed by atoms with E-state index < -0.39 is 22.9 Å². The Morgan fingerprint density at radius 3 is 2.58 bits per heavy atom. The van der Waals surface area contributed by atoms with Crippen molar-refractivity contribution in [3.8, 4) is 0 Å². The Bertz CT molecular complexity index is 851. The molecule has 7 nitrogen and oxygen atoms in total. The Morgan fingerprint density at radius 1 is 1.23 bits per heavy atom. The van der Waals surface area contributed by atoms with Crippen molar-refractivity contribution < 1.29 is 24.9 Å². The van der Waals surface area contributed by atoms with Crippen LogP contribution in [0.25, 0.3) is 0 Å². The lowest BCUT2D eigenvalue weighted by molar-refractivity contribution is -0.307. The number of nitrogens with zero attached hydrogens (tertiary/aromatic N) is 1. The second-order valence-electron chi connectivity index (χ2n) is 10.3. The Balaban J connectivity index is 1.67. The number of fused-ring (bicyclic) bond motifs is 2. The molecule has 31 heavy (non-hydrogen) atoms. The van der Waals surface area contributed by atoms with E-state index in [2.05, 4.69) is 12.2 Å². The van der Waals surface area contributed by atoms with Gasteiger partial charge in [0.15, 0.2) is 5.13 Å². The fourth-order valence-corrected chi connectivity index (χ4v) is 7.51. The fraction of sp³-hybridized carbons (Fsp3) is 0.783. The van der Waals surface area contributed by atoms with Gasteiger partial charge in [-0.1, -0.05) is 33.1 Å². The lowest BCUT2D eigenvalue weighted by Crippen LogP contribution is -2.57. The molecule has 1 amide bonds. The number of carboxylic acids is 1. The van der Waals surface area contributed by atoms with E-state index in [0.29, 0.717) is 24.4 Å². The second-order valence-corrected chi connectivity index (χ2v) is 11.3. The Kier molecular flexibility index (Phi) is 6.18. The number of aliphatic hydroxyl groups excluding tert-OH is 2. The topological polar surface area (TPSA) is 123 Å². The van der Waals surface area contributed by atoms with Crippen LogP contribution in [0.5, 0.6) is 0 Å². The van der Waals surface area contributed by atoms with E-state index in [4.69, 9.17) is 4.98 Å². The van der Waals surface area contributed by atoms with E-state index in [1.165, 1.54) is 17.8 Å². The summed E-state index contributed by atoms with van der Waals surface area (Å²) < 4.78 is 0. The molecular weight excluding hydrogens is 416 g/mol. The molecule has 1 heterocycles. The zero-order valence-corrected chi connectivity index (χ0v) is 19.2. The van der Waals surface area contributed by atoms with E-state index in [1.54, 1.807) is 0 Å². The summed E-state index contributed by atoms with van der Waals surface area (Å²) in [6.45, 7) is 3.80. The molecule has 0 aromatic carbocycles. The summed E-state index contributed by atoms with van der Waals surface area (Å²) in [4.78, 5) is 30.1. The predicted molar refractivity (Wildman–Crippen MR) is 115 cm³/mol. The lowest BCUT2D eigenvalue weighted by atomic mass is 9.47. The summed E-state index contributed by atoms with van der Waals surface area (Å²) in [5, 5.41) is 36.1. The fourth-order valence-electron chi connectivity index (χ4n) is 6.44. The van der Waals surface area contributed by atoms with E-state index in [9.17, 15) is 24.9 Å². The Labute approximate surface area is 187 Å². The number of anilines is 1. The third kappa shape index (κ3) is 3.91. The molecule has 1 aromatic heterocycles. The zero-order valence-electron chi connectivity index (χ0n) is 18.4. The number of carboxylic acid groups (broad SMARTS) is 1. The number of aliphatic hydroxyl groups is 2. The van der Waals surface area contributed by atoms with E-state index in [-0.39, 0.29) is 36.7 Å². The molecular formula is C23H33N2O5S-. The number of amides is 1. The highest BCUT2D eigenvalue weighted by atomic mass is 32.1. The van der Waals surface area contributed by atoms with Crippen LogP contribution in [0, 0.1) is 22.7 Å². The SMILES string of the molecule is C[C@]1(CO)[C@H]2Cc3sc(NC(=O)C4CCCCC4)nc3[C@@H](CC(=O)[O-])[C@]2(C)CC[C@H]1O. The molecule has 2 fully saturated rings. The molecule has 3 aliphatic rings. The molecule has 3 aliphatic carbocycles. The van der Waals surface area contributed by atoms with Crippen LogP contribution < -0.4 is 10.4 Å². The highest BCUT2D eigenvalue weighted by molar-refractivity contribution is 7.15. The first kappa shape index (κ1) is 22.7. The van der Waals surface area contributed by atoms with Crippen LogP contribution in [0.4, 0.5) is 5.13 Å². The molecule has 0 unspecified atom stereocenters. The van der Waals surface area contributed by atoms with Gasteiger partial charge in [-0.2, -0.15) is 0 Å². The Hall–Kier alpha value is -1.51. The summed E-state index contributed by atoms with van der Waals surface area (Å²) in [5.41, 5.74) is -0.407. The highest BCUT2D eigenvalue weighted by Crippen LogP contribution is 2.62. The molecule has 0 bridgehead atoms. The van der Waals surface area contributed by atoms with Crippen LogP contribution in [0.3, 0.4) is 0 Å². The number of nitrogens with one attached hydrogen (secondary N) is 1. The summed E-state index contributed by atoms with van der Waals surface area (Å²) >= 11 is 1.41. The van der Waals surface area contributed by atoms with Gasteiger partial charge < -0.3 is 25.4 Å². The smallest absolute Gasteiger partial charge is 0.229 e. The normalized spacial score (nSPS) is 35.8. The number of aromatic nitrogens is 1. The van der Waals surface area contributed by atoms with Crippen molar-refractivity contribution in [3.05, 3.63) is 10.6 Å². The maximum atomic E-state index is 12.7. The summed E-state index contributed by atoms with van der Waals surface area (Å²) in [6, 6.07) is 0. The summed E-state index contributed by atoms with van der Waals surface area (Å²) in [5.74, 6) is -1.58. The van der Waals surface area contributed by atoms with Gasteiger partial charge in [0.25, 0.3) is 0 Å². The minimum absolute atomic E-state index is 0.00138. The number of carbonyl (C=O) groups is 2. The molecule has 0 spiro atoms. The first-order chi connectivity index (χ1) is 14.7. The minimum Gasteiger partial charge on any atom is -0.550 e. The van der Waals surface area contributed by atoms with Crippen molar-refractivity contribution in [2.45, 2.75) is 83.7 Å². The summed E-state index contributed by atoms with van der Waals surface area (Å²) in [7, 11) is 0. The van der Waals surface area contributed by atoms with Gasteiger partial charge in [-0.3, -0.25) is 4.79 Å². The van der Waals surface area contributed by atoms with E-state index in [1.807, 2.05) is 6.92 Å². The average Bonchev–Trinajstić information content (AvgIpc) is 3.15. The maximum absolute atomic E-state index is 12.7. The highest BCUT2D eigenvalue weighted by Gasteiger charge is 2.59. The zero-order chi connectivity index (χ0) is 22.4. The van der Waals surface area contributed by atoms with Crippen LogP contribution in [0.2, 0.25) is 0 Å². The van der Waals surface area contributed by atoms with Gasteiger partial charge in [0.2, 0.25) is 5.91 Å². The standard InChI is InChI=1S/C23H34N2O5S/c1-22-9-8-17(27)23(2,12-26)16(22)11-15-19(14(22)10-18(28)29)24-21(31-15)25-20(30)13-6-4-3-5-7-13/h13-14,16-17,26-27H,3-12H2,1-2H3,(H,28,29)(H,24,25,30)/p-1/t14-,16+,17-,22+,23+/m1/s1. The van der Waals surface area contributed by atoms with Crippen molar-refractivity contribution >= 4 is 28.3 Å². The molecule has 1 aromatic rings. The van der Waals surface area contributed by atoms with Crippen LogP contribution >= 0.6 is 11.3 Å². The molecule has 0 saturated heterocycles. The van der Waals surface area contributed by atoms with Gasteiger partial charge in [0.05, 0.1) is 18.4 Å². The van der Waals surface area contributed by atoms with Crippen molar-refractivity contribution in [1.29, 1.82) is 0 Å². The molecule has 2 saturated carbocycles. The van der Waals surface area contributed by atoms with Crippen LogP contribution in [0.1, 0.15) is 81.7 Å². The number of carbonyl (C=O) groups excluding carboxylic acids is 2. The van der Waals surface area contributed by atoms with Crippen LogP contribution in [-0.4, -0.2) is 39.8 Å². The number of hydrogen-bond donors (Lipinski definition) is 3. The number of thiazole rings is 1. The van der Waals surface area contributed by atoms with Gasteiger partial charge >= 0.3 is 0 Å². The molecule has 172 valence electrons. The van der Waals surface area contributed by atoms with Crippen molar-refractivity contribution in [1.82, 2.24) is 4.98 Å². The predicted octanol–water partition coefficient (Wildman–Crippen LogP) is 2.22. The van der Waals surface area contributed by atoms with Crippen molar-refractivity contribution in [3.63, 3.8) is 0 Å². The third-order valence-corrected chi connectivity index (χ3v) is 9.48. The largest absolute Gasteiger partial charge is 0.550 e. The quantitative estimate of drug-likeness (QED) is 0.633. The first-order valence-electron chi connectivity index (χ1n) is 11.5. The van der Waals surface area contributed by atoms with Gasteiger partial charge in [-0.05, 0) is 49.9 Å². The minimum atomic E-state index is -1.13. The van der Waals surface area contributed by atoms with E-state index in [0.717, 1.165) is 36.3 Å². The Morgan fingerprint density at radius 2 is 1.94 bits per heavy atom. The number of aliphatic carboxylic acids is 1. The van der Waals surface area contributed by atoms with Gasteiger partial charge in [-0.15, -0.1) is 11.3 Å². The number of hydrogen-bond acceptors (Lipinski definition) is 7. The molecule has 0 aliphatic heterocycles. The molecule has 8 heteroatoms. The molecule has 0 radical (unpaired) electrons. The average molecular weight is 450 g/mol. The molecule has 4 rings (SSSR count). The van der Waals surface area contributed by atoms with Crippen molar-refractivity contribution in [2.24, 2.45) is 22.7 Å². The maximum Gasteiger partial charge on any atom is 0.229 e. The lowest BCUT2D eigenvalue weighted by Gasteiger charge is -2.58. The molecule has 3 N–H and O–H groups in total. The first-order valence-corrected chi connectivity index (χ1v) is 12.3. The monoisotopic (exact) mass is 449 g/mol. The van der Waals surface area contributed by atoms with E-state index >= 15 is 0 Å². The third-order valence-electron chi connectivity index (χ3n) is 8.47. The number of rotatable bonds is 5. The van der Waals surface area contributed by atoms with Crippen LogP contribution in [0.15, 0.2) is 0 Å². The van der Waals surface area contributed by atoms with Crippen molar-refractivity contribution in [2.75, 3.05) is 11.9 Å². The van der Waals surface area contributed by atoms with Crippen LogP contribution in [-0.2, 0) is 16.0 Å². The van der Waals surface area contributed by atoms with Gasteiger partial charge in [-0.25, -0.2) is 4.98 Å². The van der Waals surface area contributed by atoms with Gasteiger partial charge in [0, 0.05) is 28.1 Å². The summed E-state index contributed by atoms with van der Waals surface area (Å²) in [6.07, 6.45) is 6.11. The molecule has 5 atom stereocenters.